The fourth-order valence-electron chi connectivity index (χ4n) is 3.19. The van der Waals surface area contributed by atoms with Crippen LogP contribution in [0.4, 0.5) is 4.79 Å². The first-order valence-electron chi connectivity index (χ1n) is 8.78. The van der Waals surface area contributed by atoms with Crippen molar-refractivity contribution in [2.24, 2.45) is 0 Å². The molecule has 2 atom stereocenters. The fraction of sp³-hybridized carbons (Fsp3) is 0.474. The zero-order valence-corrected chi connectivity index (χ0v) is 16.9. The van der Waals surface area contributed by atoms with Crippen molar-refractivity contribution < 1.29 is 14.1 Å². The van der Waals surface area contributed by atoms with Crippen LogP contribution in [0, 0.1) is 13.8 Å². The molecule has 1 N–H and O–H groups in total. The largest absolute Gasteiger partial charge is 0.370 e. The smallest absolute Gasteiger partial charge is 0.317 e. The lowest BCUT2D eigenvalue weighted by Gasteiger charge is -2.34. The van der Waals surface area contributed by atoms with Gasteiger partial charge < -0.3 is 19.5 Å². The van der Waals surface area contributed by atoms with Crippen molar-refractivity contribution in [2.75, 3.05) is 19.7 Å². The average molecular weight is 422 g/mol. The van der Waals surface area contributed by atoms with Crippen LogP contribution in [0.3, 0.4) is 0 Å². The third-order valence-corrected chi connectivity index (χ3v) is 5.13. The van der Waals surface area contributed by atoms with Gasteiger partial charge in [-0.2, -0.15) is 0 Å². The van der Waals surface area contributed by atoms with E-state index < -0.39 is 0 Å². The van der Waals surface area contributed by atoms with E-state index in [9.17, 15) is 4.79 Å². The fourth-order valence-corrected chi connectivity index (χ4v) is 3.61. The molecule has 1 aliphatic heterocycles. The molecular formula is C19H24BrN3O3. The molecule has 2 heterocycles. The van der Waals surface area contributed by atoms with Gasteiger partial charge in [0.15, 0.2) is 0 Å². The molecule has 1 aromatic carbocycles. The highest BCUT2D eigenvalue weighted by atomic mass is 79.9. The highest BCUT2D eigenvalue weighted by Crippen LogP contribution is 2.25. The van der Waals surface area contributed by atoms with Crippen molar-refractivity contribution in [3.8, 4) is 0 Å². The van der Waals surface area contributed by atoms with E-state index in [-0.39, 0.29) is 18.2 Å². The Morgan fingerprint density at radius 1 is 1.46 bits per heavy atom. The van der Waals surface area contributed by atoms with Crippen LogP contribution in [0.1, 0.15) is 35.6 Å². The highest BCUT2D eigenvalue weighted by Gasteiger charge is 2.26. The van der Waals surface area contributed by atoms with Crippen LogP contribution in [-0.2, 0) is 11.2 Å². The van der Waals surface area contributed by atoms with E-state index in [4.69, 9.17) is 9.26 Å². The summed E-state index contributed by atoms with van der Waals surface area (Å²) >= 11 is 3.48. The maximum absolute atomic E-state index is 12.7. The SMILES string of the molecule is Cc1noc(C)c1C[C@H](C)NC(=O)N1CCO[C@H](c2cccc(Br)c2)C1. The van der Waals surface area contributed by atoms with Gasteiger partial charge in [-0.1, -0.05) is 33.2 Å². The molecule has 6 nitrogen and oxygen atoms in total. The van der Waals surface area contributed by atoms with Crippen LogP contribution in [0.25, 0.3) is 0 Å². The second-order valence-electron chi connectivity index (χ2n) is 6.72. The van der Waals surface area contributed by atoms with Crippen LogP contribution in [-0.4, -0.2) is 41.8 Å². The summed E-state index contributed by atoms with van der Waals surface area (Å²) in [5.41, 5.74) is 3.01. The van der Waals surface area contributed by atoms with E-state index in [2.05, 4.69) is 26.4 Å². The number of halogens is 1. The number of carbonyl (C=O) groups excluding carboxylic acids is 1. The number of ether oxygens (including phenoxy) is 1. The van der Waals surface area contributed by atoms with E-state index in [0.29, 0.717) is 26.1 Å². The number of hydrogen-bond donors (Lipinski definition) is 1. The Bertz CT molecular complexity index is 758. The summed E-state index contributed by atoms with van der Waals surface area (Å²) in [6.07, 6.45) is 0.594. The Morgan fingerprint density at radius 3 is 2.96 bits per heavy atom. The lowest BCUT2D eigenvalue weighted by molar-refractivity contribution is -0.0157. The van der Waals surface area contributed by atoms with Gasteiger partial charge in [-0.3, -0.25) is 0 Å². The molecule has 0 bridgehead atoms. The first-order valence-corrected chi connectivity index (χ1v) is 9.57. The number of amides is 2. The van der Waals surface area contributed by atoms with Gasteiger partial charge >= 0.3 is 6.03 Å². The predicted molar refractivity (Wildman–Crippen MR) is 102 cm³/mol. The molecule has 140 valence electrons. The van der Waals surface area contributed by atoms with Gasteiger partial charge in [-0.25, -0.2) is 4.79 Å². The molecule has 0 unspecified atom stereocenters. The van der Waals surface area contributed by atoms with Crippen LogP contribution in [0.2, 0.25) is 0 Å². The summed E-state index contributed by atoms with van der Waals surface area (Å²) in [5, 5.41) is 7.05. The van der Waals surface area contributed by atoms with Gasteiger partial charge in [-0.05, 0) is 44.9 Å². The maximum atomic E-state index is 12.7. The number of carbonyl (C=O) groups is 1. The van der Waals surface area contributed by atoms with Crippen molar-refractivity contribution in [1.29, 1.82) is 0 Å². The monoisotopic (exact) mass is 421 g/mol. The summed E-state index contributed by atoms with van der Waals surface area (Å²) in [6, 6.07) is 7.95. The van der Waals surface area contributed by atoms with E-state index in [1.54, 1.807) is 0 Å². The molecular weight excluding hydrogens is 398 g/mol. The normalized spacial score (nSPS) is 18.6. The van der Waals surface area contributed by atoms with E-state index >= 15 is 0 Å². The van der Waals surface area contributed by atoms with Gasteiger partial charge in [0.2, 0.25) is 0 Å². The quantitative estimate of drug-likeness (QED) is 0.815. The van der Waals surface area contributed by atoms with Crippen LogP contribution in [0.15, 0.2) is 33.3 Å². The third kappa shape index (κ3) is 4.45. The lowest BCUT2D eigenvalue weighted by atomic mass is 10.1. The molecule has 0 aliphatic carbocycles. The van der Waals surface area contributed by atoms with Gasteiger partial charge in [0, 0.05) is 22.6 Å². The molecule has 26 heavy (non-hydrogen) atoms. The first kappa shape index (κ1) is 18.9. The van der Waals surface area contributed by atoms with Crippen molar-refractivity contribution >= 4 is 22.0 Å². The van der Waals surface area contributed by atoms with Crippen molar-refractivity contribution in [1.82, 2.24) is 15.4 Å². The summed E-state index contributed by atoms with van der Waals surface area (Å²) in [6.45, 7) is 7.48. The molecule has 0 spiro atoms. The number of aromatic nitrogens is 1. The molecule has 2 amide bonds. The second kappa shape index (κ2) is 8.22. The van der Waals surface area contributed by atoms with Crippen LogP contribution < -0.4 is 5.32 Å². The van der Waals surface area contributed by atoms with E-state index in [0.717, 1.165) is 27.1 Å². The number of nitrogens with zero attached hydrogens (tertiary/aromatic N) is 2. The van der Waals surface area contributed by atoms with Crippen LogP contribution in [0.5, 0.6) is 0 Å². The van der Waals surface area contributed by atoms with Crippen molar-refractivity contribution in [2.45, 2.75) is 39.3 Å². The number of nitrogens with one attached hydrogen (secondary N) is 1. The number of urea groups is 1. The molecule has 0 radical (unpaired) electrons. The van der Waals surface area contributed by atoms with Crippen molar-refractivity contribution in [3.05, 3.63) is 51.3 Å². The number of aryl methyl sites for hydroxylation is 2. The first-order chi connectivity index (χ1) is 12.4. The van der Waals surface area contributed by atoms with Gasteiger partial charge in [0.25, 0.3) is 0 Å². The third-order valence-electron chi connectivity index (χ3n) is 4.64. The number of benzene rings is 1. The van der Waals surface area contributed by atoms with Crippen molar-refractivity contribution in [3.63, 3.8) is 0 Å². The molecule has 1 saturated heterocycles. The average Bonchev–Trinajstić information content (AvgIpc) is 2.93. The Hall–Kier alpha value is -1.86. The molecule has 0 saturated carbocycles. The minimum atomic E-state index is -0.107. The molecule has 1 aliphatic rings. The molecule has 3 rings (SSSR count). The summed E-state index contributed by atoms with van der Waals surface area (Å²) in [5.74, 6) is 0.810. The number of rotatable bonds is 4. The predicted octanol–water partition coefficient (Wildman–Crippen LogP) is 3.77. The zero-order valence-electron chi connectivity index (χ0n) is 15.3. The lowest BCUT2D eigenvalue weighted by Crippen LogP contribution is -2.49. The Balaban J connectivity index is 1.59. The molecule has 2 aromatic rings. The summed E-state index contributed by atoms with van der Waals surface area (Å²) in [4.78, 5) is 14.5. The number of hydrogen-bond acceptors (Lipinski definition) is 4. The zero-order chi connectivity index (χ0) is 18.7. The van der Waals surface area contributed by atoms with Gasteiger partial charge in [-0.15, -0.1) is 0 Å². The Kier molecular flexibility index (Phi) is 5.98. The molecule has 1 aromatic heterocycles. The van der Waals surface area contributed by atoms with E-state index in [1.165, 1.54) is 0 Å². The molecule has 1 fully saturated rings. The van der Waals surface area contributed by atoms with Crippen LogP contribution >= 0.6 is 15.9 Å². The topological polar surface area (TPSA) is 67.6 Å². The van der Waals surface area contributed by atoms with Gasteiger partial charge in [0.05, 0.1) is 18.8 Å². The maximum Gasteiger partial charge on any atom is 0.317 e. The summed E-state index contributed by atoms with van der Waals surface area (Å²) < 4.78 is 12.1. The molecule has 7 heteroatoms. The Labute approximate surface area is 162 Å². The van der Waals surface area contributed by atoms with Gasteiger partial charge in [0.1, 0.15) is 11.9 Å². The minimum absolute atomic E-state index is 0.00790. The minimum Gasteiger partial charge on any atom is -0.370 e. The number of morpholine rings is 1. The van der Waals surface area contributed by atoms with E-state index in [1.807, 2.05) is 49.9 Å². The summed E-state index contributed by atoms with van der Waals surface area (Å²) in [7, 11) is 0. The second-order valence-corrected chi connectivity index (χ2v) is 7.63. The Morgan fingerprint density at radius 2 is 2.27 bits per heavy atom. The highest BCUT2D eigenvalue weighted by molar-refractivity contribution is 9.10. The standard InChI is InChI=1S/C19H24BrN3O3/c1-12(9-17-13(2)22-26-14(17)3)21-19(24)23-7-8-25-18(11-23)15-5-4-6-16(20)10-15/h4-6,10,12,18H,7-9,11H2,1-3H3,(H,21,24)/t12-,18-/m0/s1.